The molecule has 0 bridgehead atoms. The standard InChI is InChI=1S/C14H19N5OS/c1-9(2)20-13-16-12(19-15)17-14(18-13)21-8-11-7-5-4-6-10(11)3/h4-7,9H,8,15H2,1-3H3,(H,16,17,18,19). The zero-order chi connectivity index (χ0) is 15.2. The maximum atomic E-state index is 5.50. The van der Waals surface area contributed by atoms with Crippen molar-refractivity contribution < 1.29 is 4.74 Å². The molecule has 2 rings (SSSR count). The van der Waals surface area contributed by atoms with Gasteiger partial charge in [-0.2, -0.15) is 15.0 Å². The zero-order valence-electron chi connectivity index (χ0n) is 12.3. The van der Waals surface area contributed by atoms with Crippen LogP contribution in [0.15, 0.2) is 29.4 Å². The summed E-state index contributed by atoms with van der Waals surface area (Å²) in [6.07, 6.45) is -0.00718. The number of aromatic nitrogens is 3. The van der Waals surface area contributed by atoms with Crippen LogP contribution < -0.4 is 16.0 Å². The molecule has 1 aromatic heterocycles. The maximum absolute atomic E-state index is 5.50. The average Bonchev–Trinajstić information content (AvgIpc) is 2.45. The fourth-order valence-corrected chi connectivity index (χ4v) is 2.55. The van der Waals surface area contributed by atoms with E-state index in [0.29, 0.717) is 11.1 Å². The lowest BCUT2D eigenvalue weighted by molar-refractivity contribution is 0.219. The number of benzene rings is 1. The van der Waals surface area contributed by atoms with Crippen LogP contribution in [-0.4, -0.2) is 21.1 Å². The van der Waals surface area contributed by atoms with Crippen molar-refractivity contribution in [1.82, 2.24) is 15.0 Å². The van der Waals surface area contributed by atoms with Crippen molar-refractivity contribution in [2.45, 2.75) is 37.8 Å². The van der Waals surface area contributed by atoms with Crippen LogP contribution in [0.5, 0.6) is 6.01 Å². The SMILES string of the molecule is Cc1ccccc1CSc1nc(NN)nc(OC(C)C)n1. The lowest BCUT2D eigenvalue weighted by atomic mass is 10.1. The molecule has 0 spiro atoms. The number of aryl methyl sites for hydroxylation is 1. The third-order valence-electron chi connectivity index (χ3n) is 2.68. The summed E-state index contributed by atoms with van der Waals surface area (Å²) in [5, 5.41) is 0.580. The number of nitrogens with two attached hydrogens (primary N) is 1. The molecule has 0 unspecified atom stereocenters. The Labute approximate surface area is 128 Å². The van der Waals surface area contributed by atoms with Gasteiger partial charge in [-0.15, -0.1) is 0 Å². The van der Waals surface area contributed by atoms with Gasteiger partial charge in [-0.05, 0) is 31.9 Å². The van der Waals surface area contributed by atoms with E-state index in [-0.39, 0.29) is 12.1 Å². The molecule has 1 heterocycles. The highest BCUT2D eigenvalue weighted by Gasteiger charge is 2.09. The molecule has 0 aliphatic carbocycles. The molecule has 2 aromatic rings. The lowest BCUT2D eigenvalue weighted by Crippen LogP contribution is -2.15. The number of nitrogen functional groups attached to an aromatic ring is 1. The molecule has 0 fully saturated rings. The van der Waals surface area contributed by atoms with E-state index >= 15 is 0 Å². The molecule has 0 radical (unpaired) electrons. The second-order valence-corrected chi connectivity index (χ2v) is 5.69. The molecule has 7 heteroatoms. The van der Waals surface area contributed by atoms with Crippen molar-refractivity contribution in [1.29, 1.82) is 0 Å². The first-order valence-electron chi connectivity index (χ1n) is 6.65. The third kappa shape index (κ3) is 4.57. The van der Waals surface area contributed by atoms with Crippen molar-refractivity contribution in [2.75, 3.05) is 5.43 Å². The molecule has 21 heavy (non-hydrogen) atoms. The molecular weight excluding hydrogens is 286 g/mol. The summed E-state index contributed by atoms with van der Waals surface area (Å²) in [6, 6.07) is 8.51. The number of nitrogens with zero attached hydrogens (tertiary/aromatic N) is 3. The van der Waals surface area contributed by atoms with Gasteiger partial charge in [0, 0.05) is 5.75 Å². The second kappa shape index (κ2) is 7.24. The third-order valence-corrected chi connectivity index (χ3v) is 3.58. The Morgan fingerprint density at radius 2 is 2.00 bits per heavy atom. The van der Waals surface area contributed by atoms with E-state index in [9.17, 15) is 0 Å². The minimum absolute atomic E-state index is 0.00718. The largest absolute Gasteiger partial charge is 0.461 e. The number of hydrogen-bond donors (Lipinski definition) is 2. The van der Waals surface area contributed by atoms with E-state index in [1.165, 1.54) is 22.9 Å². The molecule has 1 aromatic carbocycles. The molecule has 6 nitrogen and oxygen atoms in total. The van der Waals surface area contributed by atoms with Gasteiger partial charge in [0.05, 0.1) is 6.10 Å². The van der Waals surface area contributed by atoms with Crippen molar-refractivity contribution in [3.63, 3.8) is 0 Å². The number of ether oxygens (including phenoxy) is 1. The fourth-order valence-electron chi connectivity index (χ4n) is 1.64. The van der Waals surface area contributed by atoms with Gasteiger partial charge in [0.25, 0.3) is 0 Å². The number of nitrogens with one attached hydrogen (secondary N) is 1. The number of thioether (sulfide) groups is 1. The van der Waals surface area contributed by atoms with Crippen LogP contribution in [0.25, 0.3) is 0 Å². The summed E-state index contributed by atoms with van der Waals surface area (Å²) in [7, 11) is 0. The highest BCUT2D eigenvalue weighted by atomic mass is 32.2. The number of rotatable bonds is 6. The van der Waals surface area contributed by atoms with Crippen molar-refractivity contribution in [3.8, 4) is 6.01 Å². The van der Waals surface area contributed by atoms with Gasteiger partial charge in [0.15, 0.2) is 5.16 Å². The minimum atomic E-state index is -0.00718. The van der Waals surface area contributed by atoms with Crippen LogP contribution in [-0.2, 0) is 5.75 Å². The smallest absolute Gasteiger partial charge is 0.322 e. The highest BCUT2D eigenvalue weighted by Crippen LogP contribution is 2.23. The van der Waals surface area contributed by atoms with Gasteiger partial charge in [-0.1, -0.05) is 36.0 Å². The Morgan fingerprint density at radius 1 is 1.24 bits per heavy atom. The Morgan fingerprint density at radius 3 is 2.67 bits per heavy atom. The summed E-state index contributed by atoms with van der Waals surface area (Å²) in [5.41, 5.74) is 4.93. The molecule has 3 N–H and O–H groups in total. The normalized spacial score (nSPS) is 10.7. The average molecular weight is 305 g/mol. The van der Waals surface area contributed by atoms with Gasteiger partial charge < -0.3 is 4.74 Å². The Balaban J connectivity index is 2.13. The summed E-state index contributed by atoms with van der Waals surface area (Å²) >= 11 is 1.52. The molecule has 0 amide bonds. The van der Waals surface area contributed by atoms with Crippen molar-refractivity contribution >= 4 is 17.7 Å². The van der Waals surface area contributed by atoms with E-state index in [4.69, 9.17) is 10.6 Å². The molecule has 0 aliphatic rings. The predicted octanol–water partition coefficient (Wildman–Crippen LogP) is 2.55. The van der Waals surface area contributed by atoms with E-state index in [2.05, 4.69) is 39.4 Å². The van der Waals surface area contributed by atoms with E-state index in [1.54, 1.807) is 0 Å². The van der Waals surface area contributed by atoms with E-state index < -0.39 is 0 Å². The van der Waals surface area contributed by atoms with Crippen molar-refractivity contribution in [2.24, 2.45) is 5.84 Å². The van der Waals surface area contributed by atoms with Gasteiger partial charge in [0.1, 0.15) is 0 Å². The number of hydrogen-bond acceptors (Lipinski definition) is 7. The monoisotopic (exact) mass is 305 g/mol. The first-order valence-corrected chi connectivity index (χ1v) is 7.63. The summed E-state index contributed by atoms with van der Waals surface area (Å²) in [4.78, 5) is 12.6. The molecule has 0 aliphatic heterocycles. The Hall–Kier alpha value is -1.86. The lowest BCUT2D eigenvalue weighted by Gasteiger charge is -2.10. The van der Waals surface area contributed by atoms with Crippen LogP contribution >= 0.6 is 11.8 Å². The second-order valence-electron chi connectivity index (χ2n) is 4.75. The zero-order valence-corrected chi connectivity index (χ0v) is 13.1. The molecule has 0 atom stereocenters. The van der Waals surface area contributed by atoms with Gasteiger partial charge in [-0.3, -0.25) is 5.43 Å². The fraction of sp³-hybridized carbons (Fsp3) is 0.357. The first-order chi connectivity index (χ1) is 10.1. The molecule has 0 saturated carbocycles. The van der Waals surface area contributed by atoms with Gasteiger partial charge >= 0.3 is 6.01 Å². The maximum Gasteiger partial charge on any atom is 0.322 e. The Kier molecular flexibility index (Phi) is 5.35. The van der Waals surface area contributed by atoms with Gasteiger partial charge in [-0.25, -0.2) is 5.84 Å². The molecule has 112 valence electrons. The van der Waals surface area contributed by atoms with Gasteiger partial charge in [0.2, 0.25) is 5.95 Å². The highest BCUT2D eigenvalue weighted by molar-refractivity contribution is 7.98. The Bertz CT molecular complexity index is 606. The van der Waals surface area contributed by atoms with Crippen LogP contribution in [0.1, 0.15) is 25.0 Å². The number of anilines is 1. The summed E-state index contributed by atoms with van der Waals surface area (Å²) in [5.74, 6) is 6.46. The quantitative estimate of drug-likeness (QED) is 0.482. The number of hydrazine groups is 1. The summed E-state index contributed by atoms with van der Waals surface area (Å²) in [6.45, 7) is 5.92. The summed E-state index contributed by atoms with van der Waals surface area (Å²) < 4.78 is 5.50. The topological polar surface area (TPSA) is 86.0 Å². The van der Waals surface area contributed by atoms with Crippen LogP contribution in [0.2, 0.25) is 0 Å². The molecule has 0 saturated heterocycles. The van der Waals surface area contributed by atoms with Crippen LogP contribution in [0.3, 0.4) is 0 Å². The van der Waals surface area contributed by atoms with Crippen molar-refractivity contribution in [3.05, 3.63) is 35.4 Å². The first kappa shape index (κ1) is 15.5. The van der Waals surface area contributed by atoms with Crippen LogP contribution in [0.4, 0.5) is 5.95 Å². The predicted molar refractivity (Wildman–Crippen MR) is 84.1 cm³/mol. The van der Waals surface area contributed by atoms with Crippen LogP contribution in [0, 0.1) is 6.92 Å². The van der Waals surface area contributed by atoms with E-state index in [0.717, 1.165) is 5.75 Å². The van der Waals surface area contributed by atoms with E-state index in [1.807, 2.05) is 26.0 Å². The molecular formula is C14H19N5OS. The minimum Gasteiger partial charge on any atom is -0.461 e.